The lowest BCUT2D eigenvalue weighted by Gasteiger charge is -2.23. The number of sulfonamides is 1. The molecule has 1 aliphatic rings. The minimum atomic E-state index is -3.24. The number of nitrogens with two attached hydrogens (primary N) is 1. The van der Waals surface area contributed by atoms with E-state index < -0.39 is 15.3 Å². The largest absolute Gasteiger partial charge is 0.330 e. The molecule has 2 atom stereocenters. The second-order valence-electron chi connectivity index (χ2n) is 7.71. The molecule has 27 heavy (non-hydrogen) atoms. The van der Waals surface area contributed by atoms with Gasteiger partial charge < -0.3 is 5.73 Å². The average molecular weight is 387 g/mol. The zero-order chi connectivity index (χ0) is 19.4. The van der Waals surface area contributed by atoms with E-state index in [9.17, 15) is 8.42 Å². The van der Waals surface area contributed by atoms with Crippen LogP contribution in [0.2, 0.25) is 0 Å². The molecule has 0 spiro atoms. The minimum Gasteiger partial charge on any atom is -0.330 e. The fraction of sp³-hybridized carbons (Fsp3) is 0.455. The molecular weight excluding hydrogens is 356 g/mol. The van der Waals surface area contributed by atoms with Crippen LogP contribution < -0.4 is 10.5 Å². The number of rotatable bonds is 7. The molecule has 2 aromatic rings. The lowest BCUT2D eigenvalue weighted by molar-refractivity contribution is 0.519. The van der Waals surface area contributed by atoms with Crippen molar-refractivity contribution in [2.75, 3.05) is 6.54 Å². The van der Waals surface area contributed by atoms with Crippen LogP contribution in [-0.2, 0) is 16.4 Å². The van der Waals surface area contributed by atoms with Gasteiger partial charge in [0, 0.05) is 12.0 Å². The molecule has 0 saturated heterocycles. The molecule has 1 saturated carbocycles. The van der Waals surface area contributed by atoms with Crippen LogP contribution in [0.4, 0.5) is 0 Å². The molecule has 4 nitrogen and oxygen atoms in total. The van der Waals surface area contributed by atoms with E-state index in [1.165, 1.54) is 22.3 Å². The Bertz CT molecular complexity index is 843. The first-order valence-electron chi connectivity index (χ1n) is 9.81. The molecule has 0 aliphatic heterocycles. The fourth-order valence-electron chi connectivity index (χ4n) is 3.80. The van der Waals surface area contributed by atoms with Gasteiger partial charge in [0.25, 0.3) is 0 Å². The van der Waals surface area contributed by atoms with Gasteiger partial charge in [-0.3, -0.25) is 0 Å². The van der Waals surface area contributed by atoms with Crippen LogP contribution in [0.25, 0.3) is 11.1 Å². The quantitative estimate of drug-likeness (QED) is 0.760. The van der Waals surface area contributed by atoms with Crippen molar-refractivity contribution in [1.82, 2.24) is 4.72 Å². The summed E-state index contributed by atoms with van der Waals surface area (Å²) in [7, 11) is -3.24. The predicted octanol–water partition coefficient (Wildman–Crippen LogP) is 3.82. The summed E-state index contributed by atoms with van der Waals surface area (Å²) in [4.78, 5) is 0. The molecule has 5 heteroatoms. The van der Waals surface area contributed by atoms with Gasteiger partial charge in [0.15, 0.2) is 0 Å². The van der Waals surface area contributed by atoms with Gasteiger partial charge in [-0.25, -0.2) is 13.1 Å². The third-order valence-electron chi connectivity index (χ3n) is 5.51. The summed E-state index contributed by atoms with van der Waals surface area (Å²) in [5.41, 5.74) is 10.4. The Morgan fingerprint density at radius 3 is 2.15 bits per heavy atom. The van der Waals surface area contributed by atoms with E-state index in [1.807, 2.05) is 0 Å². The van der Waals surface area contributed by atoms with Crippen molar-refractivity contribution in [3.8, 4) is 11.1 Å². The fourth-order valence-corrected chi connectivity index (χ4v) is 4.78. The third-order valence-corrected chi connectivity index (χ3v) is 7.38. The van der Waals surface area contributed by atoms with E-state index in [0.717, 1.165) is 25.7 Å². The van der Waals surface area contributed by atoms with Crippen molar-refractivity contribution in [3.05, 3.63) is 59.7 Å². The van der Waals surface area contributed by atoms with Crippen LogP contribution >= 0.6 is 0 Å². The zero-order valence-electron chi connectivity index (χ0n) is 16.2. The maximum atomic E-state index is 12.3. The van der Waals surface area contributed by atoms with E-state index >= 15 is 0 Å². The highest BCUT2D eigenvalue weighted by Crippen LogP contribution is 2.36. The molecule has 2 aromatic carbocycles. The molecule has 3 N–H and O–H groups in total. The Balaban J connectivity index is 1.74. The van der Waals surface area contributed by atoms with Gasteiger partial charge in [-0.05, 0) is 61.9 Å². The van der Waals surface area contributed by atoms with E-state index in [0.29, 0.717) is 6.54 Å². The highest BCUT2D eigenvalue weighted by Gasteiger charge is 2.32. The molecule has 146 valence electrons. The molecule has 0 heterocycles. The van der Waals surface area contributed by atoms with Crippen molar-refractivity contribution in [2.45, 2.75) is 56.7 Å². The molecule has 0 bridgehead atoms. The lowest BCUT2D eigenvalue weighted by Crippen LogP contribution is -2.40. The average Bonchev–Trinajstić information content (AvgIpc) is 3.10. The summed E-state index contributed by atoms with van der Waals surface area (Å²) in [6.45, 7) is 4.11. The van der Waals surface area contributed by atoms with Crippen molar-refractivity contribution >= 4 is 10.0 Å². The number of benzene rings is 2. The highest BCUT2D eigenvalue weighted by molar-refractivity contribution is 7.90. The van der Waals surface area contributed by atoms with Crippen molar-refractivity contribution < 1.29 is 8.42 Å². The van der Waals surface area contributed by atoms with Gasteiger partial charge >= 0.3 is 0 Å². The maximum Gasteiger partial charge on any atom is 0.214 e. The normalized spacial score (nSPS) is 20.3. The van der Waals surface area contributed by atoms with Crippen LogP contribution in [0, 0.1) is 0 Å². The highest BCUT2D eigenvalue weighted by atomic mass is 32.2. The predicted molar refractivity (Wildman–Crippen MR) is 112 cm³/mol. The molecule has 0 unspecified atom stereocenters. The summed E-state index contributed by atoms with van der Waals surface area (Å²) in [5, 5.41) is -0.400. The monoisotopic (exact) mass is 386 g/mol. The number of hydrogen-bond acceptors (Lipinski definition) is 3. The van der Waals surface area contributed by atoms with Crippen molar-refractivity contribution in [2.24, 2.45) is 5.73 Å². The minimum absolute atomic E-state index is 0.00111. The maximum absolute atomic E-state index is 12.3. The molecular formula is C22H30N2O2S. The van der Waals surface area contributed by atoms with Crippen LogP contribution in [0.5, 0.6) is 0 Å². The van der Waals surface area contributed by atoms with Gasteiger partial charge in [0.2, 0.25) is 10.0 Å². The summed E-state index contributed by atoms with van der Waals surface area (Å²) in [5.74, 6) is 0.250. The topological polar surface area (TPSA) is 72.2 Å². The van der Waals surface area contributed by atoms with Crippen LogP contribution in [0.15, 0.2) is 48.5 Å². The Hall–Kier alpha value is -1.69. The molecule has 0 aromatic heterocycles. The van der Waals surface area contributed by atoms with Crippen molar-refractivity contribution in [3.63, 3.8) is 0 Å². The van der Waals surface area contributed by atoms with Gasteiger partial charge in [-0.15, -0.1) is 0 Å². The Morgan fingerprint density at radius 2 is 1.59 bits per heavy atom. The standard InChI is InChI=1S/C22H30N2O2S/c1-16(2)27(25,26)24-22-5-3-4-21(22)20-12-10-19(11-13-20)18-8-6-17(7-9-18)14-15-23/h6-13,16,21-22,24H,3-5,14-15,23H2,1-2H3/t21-,22+/m1/s1. The molecule has 3 rings (SSSR count). The van der Waals surface area contributed by atoms with E-state index in [2.05, 4.69) is 53.3 Å². The first-order valence-corrected chi connectivity index (χ1v) is 11.4. The zero-order valence-corrected chi connectivity index (χ0v) is 17.0. The van der Waals surface area contributed by atoms with Crippen LogP contribution in [-0.4, -0.2) is 26.3 Å². The second-order valence-corrected chi connectivity index (χ2v) is 9.98. The molecule has 1 fully saturated rings. The number of hydrogen-bond donors (Lipinski definition) is 2. The Kier molecular flexibility index (Phi) is 6.35. The van der Waals surface area contributed by atoms with Gasteiger partial charge in [-0.2, -0.15) is 0 Å². The first-order chi connectivity index (χ1) is 12.9. The van der Waals surface area contributed by atoms with Gasteiger partial charge in [0.05, 0.1) is 5.25 Å². The lowest BCUT2D eigenvalue weighted by atomic mass is 9.92. The van der Waals surface area contributed by atoms with Crippen LogP contribution in [0.3, 0.4) is 0 Å². The Morgan fingerprint density at radius 1 is 1.00 bits per heavy atom. The smallest absolute Gasteiger partial charge is 0.214 e. The summed E-state index contributed by atoms with van der Waals surface area (Å²) in [6, 6.07) is 17.1. The SMILES string of the molecule is CC(C)S(=O)(=O)N[C@H]1CCC[C@@H]1c1ccc(-c2ccc(CCN)cc2)cc1. The summed E-state index contributed by atoms with van der Waals surface area (Å²) >= 11 is 0. The molecule has 0 amide bonds. The van der Waals surface area contributed by atoms with Gasteiger partial charge in [0.1, 0.15) is 0 Å². The van der Waals surface area contributed by atoms with E-state index in [4.69, 9.17) is 5.73 Å². The summed E-state index contributed by atoms with van der Waals surface area (Å²) in [6.07, 6.45) is 3.88. The van der Waals surface area contributed by atoms with E-state index in [1.54, 1.807) is 13.8 Å². The second kappa shape index (κ2) is 8.55. The molecule has 1 aliphatic carbocycles. The first kappa shape index (κ1) is 20.1. The van der Waals surface area contributed by atoms with Crippen molar-refractivity contribution in [1.29, 1.82) is 0 Å². The number of nitrogens with one attached hydrogen (secondary N) is 1. The third kappa shape index (κ3) is 4.78. The Labute approximate surface area is 163 Å². The summed E-state index contributed by atoms with van der Waals surface area (Å²) < 4.78 is 27.4. The van der Waals surface area contributed by atoms with E-state index in [-0.39, 0.29) is 12.0 Å². The van der Waals surface area contributed by atoms with Gasteiger partial charge in [-0.1, -0.05) is 55.0 Å². The molecule has 0 radical (unpaired) electrons. The van der Waals surface area contributed by atoms with Crippen LogP contribution in [0.1, 0.15) is 50.2 Å².